The van der Waals surface area contributed by atoms with Crippen molar-refractivity contribution in [1.82, 2.24) is 10.3 Å². The molecule has 4 unspecified atom stereocenters. The molecule has 1 aliphatic carbocycles. The van der Waals surface area contributed by atoms with Crippen molar-refractivity contribution in [2.45, 2.75) is 95.4 Å². The number of ether oxygens (including phenoxy) is 2. The first-order valence-electron chi connectivity index (χ1n) is 15.5. The third kappa shape index (κ3) is 6.83. The maximum Gasteiger partial charge on any atom is 0.273 e. The molecule has 1 saturated carbocycles. The second-order valence-corrected chi connectivity index (χ2v) is 12.0. The number of amides is 1. The number of oxazole rings is 1. The Labute approximate surface area is 242 Å². The van der Waals surface area contributed by atoms with Gasteiger partial charge in [0.25, 0.3) is 5.91 Å². The van der Waals surface area contributed by atoms with Crippen LogP contribution in [-0.2, 0) is 17.8 Å². The molecule has 6 nitrogen and oxygen atoms in total. The Balaban J connectivity index is 1.07. The van der Waals surface area contributed by atoms with E-state index in [2.05, 4.69) is 10.3 Å². The molecule has 2 bridgehead atoms. The highest BCUT2D eigenvalue weighted by atomic mass is 19.1. The van der Waals surface area contributed by atoms with Crippen molar-refractivity contribution >= 4 is 5.91 Å². The number of aromatic nitrogens is 1. The Kier molecular flexibility index (Phi) is 9.00. The molecule has 2 aromatic carbocycles. The minimum absolute atomic E-state index is 0.0124. The van der Waals surface area contributed by atoms with Crippen LogP contribution in [0.4, 0.5) is 4.39 Å². The Hall–Kier alpha value is -3.19. The lowest BCUT2D eigenvalue weighted by Crippen LogP contribution is -2.28. The first-order valence-corrected chi connectivity index (χ1v) is 15.5. The minimum Gasteiger partial charge on any atom is -0.489 e. The highest BCUT2D eigenvalue weighted by molar-refractivity contribution is 5.91. The molecule has 2 aliphatic heterocycles. The van der Waals surface area contributed by atoms with Crippen LogP contribution >= 0.6 is 0 Å². The van der Waals surface area contributed by atoms with Crippen LogP contribution < -0.4 is 10.1 Å². The van der Waals surface area contributed by atoms with Crippen molar-refractivity contribution < 1.29 is 23.1 Å². The summed E-state index contributed by atoms with van der Waals surface area (Å²) < 4.78 is 32.7. The van der Waals surface area contributed by atoms with Crippen molar-refractivity contribution in [3.63, 3.8) is 0 Å². The van der Waals surface area contributed by atoms with Gasteiger partial charge in [0.2, 0.25) is 5.89 Å². The Morgan fingerprint density at radius 1 is 1.00 bits per heavy atom. The monoisotopic (exact) mass is 560 g/mol. The summed E-state index contributed by atoms with van der Waals surface area (Å²) in [6, 6.07) is 14.7. The first kappa shape index (κ1) is 28.0. The summed E-state index contributed by atoms with van der Waals surface area (Å²) in [5.74, 6) is 1.57. The first-order chi connectivity index (χ1) is 20.1. The Bertz CT molecular complexity index is 1290. The van der Waals surface area contributed by atoms with Crippen LogP contribution in [0.15, 0.2) is 59.2 Å². The van der Waals surface area contributed by atoms with Crippen LogP contribution in [0.1, 0.15) is 97.6 Å². The number of unbranched alkanes of at least 4 members (excludes halogenated alkanes) is 1. The van der Waals surface area contributed by atoms with Crippen LogP contribution in [0.25, 0.3) is 0 Å². The van der Waals surface area contributed by atoms with Gasteiger partial charge in [-0.1, -0.05) is 75.3 Å². The SMILES string of the molecule is O=C(NCCCCC1CCCCC1)c1coc(C2C3CCC(O3)C2Cc2cc(F)ccc2OCc2ccccc2)n1. The van der Waals surface area contributed by atoms with E-state index in [4.69, 9.17) is 13.9 Å². The maximum atomic E-state index is 14.4. The topological polar surface area (TPSA) is 73.6 Å². The number of rotatable bonds is 12. The van der Waals surface area contributed by atoms with E-state index in [-0.39, 0.29) is 35.8 Å². The molecular formula is C34H41FN2O4. The standard InChI is InChI=1S/C34H41FN2O4/c35-26-14-15-29(39-21-24-12-5-2-6-13-24)25(19-26)20-27-30-16-17-31(41-30)32(27)34-37-28(22-40-34)33(38)36-18-8-7-11-23-9-3-1-4-10-23/h2,5-6,12-15,19,22-23,27,30-32H,1,3-4,7-11,16-18,20-21H2,(H,36,38). The summed E-state index contributed by atoms with van der Waals surface area (Å²) in [5.41, 5.74) is 2.18. The number of benzene rings is 2. The third-order valence-electron chi connectivity index (χ3n) is 9.23. The molecule has 1 N–H and O–H groups in total. The molecule has 1 amide bonds. The van der Waals surface area contributed by atoms with Crippen LogP contribution in [0.2, 0.25) is 0 Å². The van der Waals surface area contributed by atoms with Gasteiger partial charge in [0.1, 0.15) is 24.4 Å². The molecule has 4 atom stereocenters. The fourth-order valence-electron chi connectivity index (χ4n) is 7.08. The molecule has 0 radical (unpaired) electrons. The molecule has 6 rings (SSSR count). The summed E-state index contributed by atoms with van der Waals surface area (Å²) in [6.45, 7) is 1.06. The van der Waals surface area contributed by atoms with E-state index < -0.39 is 0 Å². The van der Waals surface area contributed by atoms with Gasteiger partial charge < -0.3 is 19.2 Å². The van der Waals surface area contributed by atoms with Crippen LogP contribution in [0, 0.1) is 17.7 Å². The van der Waals surface area contributed by atoms with Crippen molar-refractivity contribution in [3.8, 4) is 5.75 Å². The Morgan fingerprint density at radius 2 is 1.83 bits per heavy atom. The smallest absolute Gasteiger partial charge is 0.273 e. The zero-order valence-electron chi connectivity index (χ0n) is 23.7. The zero-order chi connectivity index (χ0) is 28.0. The maximum absolute atomic E-state index is 14.4. The average Bonchev–Trinajstić information content (AvgIpc) is 3.75. The fourth-order valence-corrected chi connectivity index (χ4v) is 7.08. The van der Waals surface area contributed by atoms with Crippen molar-refractivity contribution in [3.05, 3.63) is 83.3 Å². The normalized spacial score (nSPS) is 24.0. The molecule has 7 heteroatoms. The molecule has 218 valence electrons. The van der Waals surface area contributed by atoms with Gasteiger partial charge >= 0.3 is 0 Å². The minimum atomic E-state index is -0.290. The van der Waals surface area contributed by atoms with Crippen molar-refractivity contribution in [2.24, 2.45) is 11.8 Å². The third-order valence-corrected chi connectivity index (χ3v) is 9.23. The molecular weight excluding hydrogens is 519 g/mol. The van der Waals surface area contributed by atoms with E-state index in [0.717, 1.165) is 42.7 Å². The largest absolute Gasteiger partial charge is 0.489 e. The molecule has 1 aromatic heterocycles. The van der Waals surface area contributed by atoms with Gasteiger partial charge in [0, 0.05) is 12.5 Å². The fraction of sp³-hybridized carbons (Fsp3) is 0.529. The molecule has 3 heterocycles. The quantitative estimate of drug-likeness (QED) is 0.234. The van der Waals surface area contributed by atoms with Gasteiger partial charge in [-0.3, -0.25) is 4.79 Å². The van der Waals surface area contributed by atoms with E-state index in [1.54, 1.807) is 12.1 Å². The van der Waals surface area contributed by atoms with Gasteiger partial charge in [0.15, 0.2) is 5.69 Å². The number of fused-ring (bicyclic) bond motifs is 2. The van der Waals surface area contributed by atoms with Crippen LogP contribution in [-0.4, -0.2) is 29.6 Å². The lowest BCUT2D eigenvalue weighted by atomic mass is 9.76. The summed E-state index contributed by atoms with van der Waals surface area (Å²) in [5, 5.41) is 3.02. The van der Waals surface area contributed by atoms with E-state index in [1.165, 1.54) is 50.9 Å². The number of hydrogen-bond acceptors (Lipinski definition) is 5. The molecule has 41 heavy (non-hydrogen) atoms. The number of nitrogens with zero attached hydrogens (tertiary/aromatic N) is 1. The van der Waals surface area contributed by atoms with Crippen molar-refractivity contribution in [1.29, 1.82) is 0 Å². The molecule has 3 fully saturated rings. The van der Waals surface area contributed by atoms with E-state index >= 15 is 0 Å². The van der Waals surface area contributed by atoms with Crippen molar-refractivity contribution in [2.75, 3.05) is 6.54 Å². The van der Waals surface area contributed by atoms with E-state index in [0.29, 0.717) is 36.9 Å². The summed E-state index contributed by atoms with van der Waals surface area (Å²) in [4.78, 5) is 17.4. The van der Waals surface area contributed by atoms with Gasteiger partial charge in [-0.05, 0) is 60.9 Å². The second-order valence-electron chi connectivity index (χ2n) is 12.0. The summed E-state index contributed by atoms with van der Waals surface area (Å²) >= 11 is 0. The van der Waals surface area contributed by atoms with Gasteiger partial charge in [-0.2, -0.15) is 0 Å². The molecule has 0 spiro atoms. The van der Waals surface area contributed by atoms with Crippen LogP contribution in [0.3, 0.4) is 0 Å². The van der Waals surface area contributed by atoms with Gasteiger partial charge in [-0.15, -0.1) is 0 Å². The average molecular weight is 561 g/mol. The number of nitrogens with one attached hydrogen (secondary N) is 1. The molecule has 2 saturated heterocycles. The summed E-state index contributed by atoms with van der Waals surface area (Å²) in [6.07, 6.45) is 14.2. The van der Waals surface area contributed by atoms with E-state index in [1.807, 2.05) is 30.3 Å². The predicted molar refractivity (Wildman–Crippen MR) is 154 cm³/mol. The number of carbonyl (C=O) groups is 1. The lowest BCUT2D eigenvalue weighted by Gasteiger charge is -2.26. The summed E-state index contributed by atoms with van der Waals surface area (Å²) in [7, 11) is 0. The number of halogens is 1. The Morgan fingerprint density at radius 3 is 2.68 bits per heavy atom. The van der Waals surface area contributed by atoms with Gasteiger partial charge in [0.05, 0.1) is 18.1 Å². The lowest BCUT2D eigenvalue weighted by molar-refractivity contribution is 0.0897. The number of carbonyl (C=O) groups excluding carboxylic acids is 1. The molecule has 3 aliphatic rings. The van der Waals surface area contributed by atoms with Crippen LogP contribution in [0.5, 0.6) is 5.75 Å². The zero-order valence-corrected chi connectivity index (χ0v) is 23.7. The highest BCUT2D eigenvalue weighted by Gasteiger charge is 2.51. The van der Waals surface area contributed by atoms with Gasteiger partial charge in [-0.25, -0.2) is 9.37 Å². The number of hydrogen-bond donors (Lipinski definition) is 1. The van der Waals surface area contributed by atoms with E-state index in [9.17, 15) is 9.18 Å². The predicted octanol–water partition coefficient (Wildman–Crippen LogP) is 7.38. The molecule has 3 aromatic rings. The highest BCUT2D eigenvalue weighted by Crippen LogP contribution is 2.50. The second kappa shape index (κ2) is 13.2.